The second-order valence-corrected chi connectivity index (χ2v) is 3.11. The Labute approximate surface area is 99.5 Å². The summed E-state index contributed by atoms with van der Waals surface area (Å²) in [5, 5.41) is 0. The Morgan fingerprint density at radius 3 is 2.38 bits per heavy atom. The van der Waals surface area contributed by atoms with Crippen LogP contribution in [-0.4, -0.2) is 0 Å². The Morgan fingerprint density at radius 1 is 1.19 bits per heavy atom. The number of allylic oxidation sites excluding steroid dienone is 3. The summed E-state index contributed by atoms with van der Waals surface area (Å²) < 4.78 is 5.66. The molecule has 1 aromatic rings. The van der Waals surface area contributed by atoms with Gasteiger partial charge in [-0.25, -0.2) is 0 Å². The third kappa shape index (κ3) is 5.40. The summed E-state index contributed by atoms with van der Waals surface area (Å²) in [5.41, 5.74) is 1.21. The first-order valence-electron chi connectivity index (χ1n) is 5.79. The van der Waals surface area contributed by atoms with Crippen molar-refractivity contribution >= 4 is 0 Å². The molecule has 0 atom stereocenters. The van der Waals surface area contributed by atoms with E-state index in [2.05, 4.69) is 13.0 Å². The quantitative estimate of drug-likeness (QED) is 0.519. The van der Waals surface area contributed by atoms with E-state index in [1.54, 1.807) is 0 Å². The van der Waals surface area contributed by atoms with Crippen molar-refractivity contribution in [2.45, 2.75) is 34.6 Å². The normalized spacial score (nSPS) is 10.9. The highest BCUT2D eigenvalue weighted by molar-refractivity contribution is 5.30. The fraction of sp³-hybridized carbons (Fsp3) is 0.333. The van der Waals surface area contributed by atoms with Gasteiger partial charge in [-0.15, -0.1) is 0 Å². The zero-order valence-corrected chi connectivity index (χ0v) is 10.9. The summed E-state index contributed by atoms with van der Waals surface area (Å²) in [5.74, 6) is 1.76. The smallest absolute Gasteiger partial charge is 0.127 e. The summed E-state index contributed by atoms with van der Waals surface area (Å²) in [4.78, 5) is 0. The monoisotopic (exact) mass is 218 g/mol. The van der Waals surface area contributed by atoms with Crippen LogP contribution in [-0.2, 0) is 0 Å². The van der Waals surface area contributed by atoms with Crippen LogP contribution in [0.4, 0.5) is 0 Å². The Hall–Kier alpha value is -1.50. The fourth-order valence-electron chi connectivity index (χ4n) is 1.17. The van der Waals surface area contributed by atoms with E-state index in [-0.39, 0.29) is 0 Å². The van der Waals surface area contributed by atoms with Gasteiger partial charge in [0.15, 0.2) is 0 Å². The first kappa shape index (κ1) is 14.5. The lowest BCUT2D eigenvalue weighted by Crippen LogP contribution is -1.91. The lowest BCUT2D eigenvalue weighted by atomic mass is 10.2. The van der Waals surface area contributed by atoms with E-state index in [4.69, 9.17) is 4.74 Å². The van der Waals surface area contributed by atoms with E-state index in [9.17, 15) is 0 Å². The number of hydrogen-bond donors (Lipinski definition) is 0. The average Bonchev–Trinajstić information content (AvgIpc) is 2.31. The maximum Gasteiger partial charge on any atom is 0.127 e. The number of ether oxygens (including phenoxy) is 1. The van der Waals surface area contributed by atoms with Gasteiger partial charge in [-0.3, -0.25) is 0 Å². The van der Waals surface area contributed by atoms with Crippen LogP contribution in [0.2, 0.25) is 0 Å². The predicted molar refractivity (Wildman–Crippen MR) is 71.7 cm³/mol. The molecule has 0 heterocycles. The van der Waals surface area contributed by atoms with Gasteiger partial charge in [-0.1, -0.05) is 32.1 Å². The molecule has 0 aliphatic heterocycles. The average molecular weight is 218 g/mol. The van der Waals surface area contributed by atoms with Crippen molar-refractivity contribution < 1.29 is 4.74 Å². The van der Waals surface area contributed by atoms with Crippen LogP contribution in [0.15, 0.2) is 48.3 Å². The van der Waals surface area contributed by atoms with Gasteiger partial charge >= 0.3 is 0 Å². The highest BCUT2D eigenvalue weighted by atomic mass is 16.5. The van der Waals surface area contributed by atoms with E-state index >= 15 is 0 Å². The van der Waals surface area contributed by atoms with E-state index in [0.29, 0.717) is 0 Å². The van der Waals surface area contributed by atoms with Gasteiger partial charge in [0.2, 0.25) is 0 Å². The molecule has 0 radical (unpaired) electrons. The van der Waals surface area contributed by atoms with Crippen LogP contribution in [0.5, 0.6) is 5.75 Å². The van der Waals surface area contributed by atoms with Crippen molar-refractivity contribution in [2.75, 3.05) is 0 Å². The Bertz CT molecular complexity index is 348. The molecule has 1 rings (SSSR count). The molecular formula is C15H22O. The Kier molecular flexibility index (Phi) is 7.96. The van der Waals surface area contributed by atoms with E-state index in [1.807, 2.05) is 64.1 Å². The second kappa shape index (κ2) is 8.78. The van der Waals surface area contributed by atoms with Gasteiger partial charge in [-0.2, -0.15) is 0 Å². The topological polar surface area (TPSA) is 9.23 Å². The molecule has 0 aliphatic rings. The molecule has 0 N–H and O–H groups in total. The van der Waals surface area contributed by atoms with Gasteiger partial charge in [-0.05, 0) is 50.6 Å². The third-order valence-corrected chi connectivity index (χ3v) is 1.84. The summed E-state index contributed by atoms with van der Waals surface area (Å²) in [7, 11) is 0. The fourth-order valence-corrected chi connectivity index (χ4v) is 1.17. The Morgan fingerprint density at radius 2 is 1.88 bits per heavy atom. The minimum absolute atomic E-state index is 0.873. The molecule has 0 saturated carbocycles. The molecule has 1 nitrogen and oxygen atoms in total. The molecule has 88 valence electrons. The summed E-state index contributed by atoms with van der Waals surface area (Å²) in [6, 6.07) is 8.03. The molecule has 0 spiro atoms. The molecule has 0 saturated heterocycles. The molecule has 16 heavy (non-hydrogen) atoms. The summed E-state index contributed by atoms with van der Waals surface area (Å²) >= 11 is 0. The van der Waals surface area contributed by atoms with Gasteiger partial charge in [0.25, 0.3) is 0 Å². The second-order valence-electron chi connectivity index (χ2n) is 3.11. The zero-order valence-electron chi connectivity index (χ0n) is 10.9. The van der Waals surface area contributed by atoms with Crippen molar-refractivity contribution in [1.29, 1.82) is 0 Å². The standard InChI is InChI=1S/C13H16O.C2H6/c1-4-7-12(5-2)14-13-9-6-8-11(3)10-13;1-2/h4-10H,1-3H3;1-2H3/b7-4-,12-5+;. The van der Waals surface area contributed by atoms with Gasteiger partial charge in [0, 0.05) is 0 Å². The van der Waals surface area contributed by atoms with Crippen LogP contribution in [0.25, 0.3) is 0 Å². The lowest BCUT2D eigenvalue weighted by molar-refractivity contribution is 0.443. The molecule has 0 bridgehead atoms. The minimum Gasteiger partial charge on any atom is -0.458 e. The minimum atomic E-state index is 0.873. The van der Waals surface area contributed by atoms with Crippen LogP contribution >= 0.6 is 0 Å². The van der Waals surface area contributed by atoms with Gasteiger partial charge in [0.1, 0.15) is 11.5 Å². The number of rotatable bonds is 3. The van der Waals surface area contributed by atoms with Gasteiger partial charge < -0.3 is 4.74 Å². The van der Waals surface area contributed by atoms with Crippen molar-refractivity contribution in [3.63, 3.8) is 0 Å². The van der Waals surface area contributed by atoms with E-state index in [1.165, 1.54) is 5.56 Å². The predicted octanol–water partition coefficient (Wildman–Crippen LogP) is 4.88. The largest absolute Gasteiger partial charge is 0.458 e. The highest BCUT2D eigenvalue weighted by Crippen LogP contribution is 2.15. The molecule has 0 amide bonds. The first-order valence-corrected chi connectivity index (χ1v) is 5.79. The van der Waals surface area contributed by atoms with Gasteiger partial charge in [0.05, 0.1) is 0 Å². The molecule has 0 unspecified atom stereocenters. The van der Waals surface area contributed by atoms with Crippen molar-refractivity contribution in [1.82, 2.24) is 0 Å². The summed E-state index contributed by atoms with van der Waals surface area (Å²) in [6.07, 6.45) is 5.86. The van der Waals surface area contributed by atoms with Crippen molar-refractivity contribution in [2.24, 2.45) is 0 Å². The number of hydrogen-bond acceptors (Lipinski definition) is 1. The van der Waals surface area contributed by atoms with Crippen LogP contribution in [0.1, 0.15) is 33.3 Å². The van der Waals surface area contributed by atoms with Crippen molar-refractivity contribution in [3.8, 4) is 5.75 Å². The van der Waals surface area contributed by atoms with E-state index in [0.717, 1.165) is 11.5 Å². The number of benzene rings is 1. The lowest BCUT2D eigenvalue weighted by Gasteiger charge is -2.06. The highest BCUT2D eigenvalue weighted by Gasteiger charge is 1.95. The zero-order chi connectivity index (χ0) is 12.4. The molecule has 0 aromatic heterocycles. The Balaban J connectivity index is 0.00000106. The van der Waals surface area contributed by atoms with E-state index < -0.39 is 0 Å². The number of aryl methyl sites for hydroxylation is 1. The maximum absolute atomic E-state index is 5.66. The molecule has 0 aliphatic carbocycles. The molecule has 1 aromatic carbocycles. The first-order chi connectivity index (χ1) is 7.76. The maximum atomic E-state index is 5.66. The van der Waals surface area contributed by atoms with Crippen molar-refractivity contribution in [3.05, 3.63) is 53.8 Å². The third-order valence-electron chi connectivity index (χ3n) is 1.84. The van der Waals surface area contributed by atoms with Crippen LogP contribution in [0.3, 0.4) is 0 Å². The SMILES string of the molecule is C/C=C\C(=C/C)Oc1cccc(C)c1.CC. The molecular weight excluding hydrogens is 196 g/mol. The molecule has 0 fully saturated rings. The van der Waals surface area contributed by atoms with Crippen LogP contribution < -0.4 is 4.74 Å². The molecule has 1 heteroatoms. The van der Waals surface area contributed by atoms with Crippen LogP contribution in [0, 0.1) is 6.92 Å². The summed E-state index contributed by atoms with van der Waals surface area (Å²) in [6.45, 7) is 9.99.